The molecule has 0 aliphatic carbocycles. The van der Waals surface area contributed by atoms with Gasteiger partial charge in [0.05, 0.1) is 0 Å². The molecule has 0 atom stereocenters. The summed E-state index contributed by atoms with van der Waals surface area (Å²) in [6.07, 6.45) is 6.49. The van der Waals surface area contributed by atoms with Gasteiger partial charge in [-0.2, -0.15) is 0 Å². The Bertz CT molecular complexity index is 384. The average Bonchev–Trinajstić information content (AvgIpc) is 2.36. The Hall–Kier alpha value is -0.930. The van der Waals surface area contributed by atoms with E-state index < -0.39 is 0 Å². The van der Waals surface area contributed by atoms with E-state index in [0.29, 0.717) is 0 Å². The van der Waals surface area contributed by atoms with Gasteiger partial charge in [-0.15, -0.1) is 0 Å². The van der Waals surface area contributed by atoms with Crippen molar-refractivity contribution in [2.24, 2.45) is 0 Å². The van der Waals surface area contributed by atoms with Crippen molar-refractivity contribution >= 4 is 0 Å². The molecule has 1 saturated heterocycles. The van der Waals surface area contributed by atoms with Gasteiger partial charge in [-0.25, -0.2) is 4.39 Å². The second-order valence-corrected chi connectivity index (χ2v) is 5.50. The number of nitrogens with one attached hydrogen (secondary N) is 1. The smallest absolute Gasteiger partial charge is 0.127 e. The maximum absolute atomic E-state index is 13.9. The van der Waals surface area contributed by atoms with Crippen LogP contribution in [-0.4, -0.2) is 25.0 Å². The van der Waals surface area contributed by atoms with E-state index >= 15 is 0 Å². The molecule has 0 saturated carbocycles. The van der Waals surface area contributed by atoms with Crippen molar-refractivity contribution in [2.75, 3.05) is 20.1 Å². The molecule has 3 heteroatoms. The maximum atomic E-state index is 13.9. The highest BCUT2D eigenvalue weighted by molar-refractivity contribution is 5.25. The third-order valence-corrected chi connectivity index (χ3v) is 3.83. The average molecular weight is 264 g/mol. The zero-order chi connectivity index (χ0) is 13.5. The number of rotatable bonds is 4. The van der Waals surface area contributed by atoms with Crippen molar-refractivity contribution in [3.8, 4) is 0 Å². The van der Waals surface area contributed by atoms with E-state index in [9.17, 15) is 4.39 Å². The number of halogens is 1. The first-order valence-electron chi connectivity index (χ1n) is 7.44. The summed E-state index contributed by atoms with van der Waals surface area (Å²) >= 11 is 0. The summed E-state index contributed by atoms with van der Waals surface area (Å²) in [6.45, 7) is 3.77. The first-order chi connectivity index (χ1) is 9.29. The molecule has 1 aliphatic rings. The highest BCUT2D eigenvalue weighted by atomic mass is 19.1. The summed E-state index contributed by atoms with van der Waals surface area (Å²) in [4.78, 5) is 2.40. The van der Waals surface area contributed by atoms with Crippen LogP contribution in [0.4, 0.5) is 4.39 Å². The van der Waals surface area contributed by atoms with Gasteiger partial charge in [0, 0.05) is 18.7 Å². The zero-order valence-corrected chi connectivity index (χ0v) is 11.9. The number of nitrogens with zero attached hydrogens (tertiary/aromatic N) is 1. The second kappa shape index (κ2) is 7.61. The van der Waals surface area contributed by atoms with Gasteiger partial charge in [-0.05, 0) is 44.6 Å². The summed E-state index contributed by atoms with van der Waals surface area (Å²) in [7, 11) is 1.92. The molecule has 0 bridgehead atoms. The molecule has 19 heavy (non-hydrogen) atoms. The lowest BCUT2D eigenvalue weighted by atomic mass is 10.1. The number of likely N-dealkylation sites (tertiary alicyclic amines) is 1. The Morgan fingerprint density at radius 2 is 1.79 bits per heavy atom. The van der Waals surface area contributed by atoms with E-state index in [1.54, 1.807) is 6.07 Å². The van der Waals surface area contributed by atoms with Crippen LogP contribution in [0.25, 0.3) is 0 Å². The largest absolute Gasteiger partial charge is 0.316 e. The molecule has 1 N–H and O–H groups in total. The molecule has 0 radical (unpaired) electrons. The van der Waals surface area contributed by atoms with E-state index in [1.807, 2.05) is 19.2 Å². The lowest BCUT2D eigenvalue weighted by Crippen LogP contribution is -2.27. The predicted molar refractivity (Wildman–Crippen MR) is 77.5 cm³/mol. The molecule has 1 aliphatic heterocycles. The summed E-state index contributed by atoms with van der Waals surface area (Å²) in [5.74, 6) is -0.0677. The van der Waals surface area contributed by atoms with Gasteiger partial charge in [0.25, 0.3) is 0 Å². The summed E-state index contributed by atoms with van der Waals surface area (Å²) < 4.78 is 13.9. The number of hydrogen-bond donors (Lipinski definition) is 1. The monoisotopic (exact) mass is 264 g/mol. The lowest BCUT2D eigenvalue weighted by Gasteiger charge is -2.24. The van der Waals surface area contributed by atoms with E-state index in [2.05, 4.69) is 10.2 Å². The highest BCUT2D eigenvalue weighted by Gasteiger charge is 2.11. The minimum Gasteiger partial charge on any atom is -0.316 e. The van der Waals surface area contributed by atoms with Crippen LogP contribution >= 0.6 is 0 Å². The molecule has 1 aromatic carbocycles. The molecule has 2 rings (SSSR count). The van der Waals surface area contributed by atoms with Crippen molar-refractivity contribution < 1.29 is 4.39 Å². The molecule has 1 aromatic rings. The van der Waals surface area contributed by atoms with Crippen molar-refractivity contribution in [1.82, 2.24) is 10.2 Å². The first kappa shape index (κ1) is 14.5. The van der Waals surface area contributed by atoms with Gasteiger partial charge in [0.2, 0.25) is 0 Å². The van der Waals surface area contributed by atoms with Crippen LogP contribution < -0.4 is 5.32 Å². The van der Waals surface area contributed by atoms with Gasteiger partial charge in [-0.1, -0.05) is 31.4 Å². The maximum Gasteiger partial charge on any atom is 0.127 e. The van der Waals surface area contributed by atoms with Gasteiger partial charge in [0.15, 0.2) is 0 Å². The fraction of sp³-hybridized carbons (Fsp3) is 0.625. The van der Waals surface area contributed by atoms with Gasteiger partial charge in [0.1, 0.15) is 5.82 Å². The number of benzene rings is 1. The third-order valence-electron chi connectivity index (χ3n) is 3.83. The molecule has 1 heterocycles. The Balaban J connectivity index is 2.01. The molecule has 0 spiro atoms. The Morgan fingerprint density at radius 3 is 2.47 bits per heavy atom. The molecule has 0 unspecified atom stereocenters. The van der Waals surface area contributed by atoms with Gasteiger partial charge < -0.3 is 5.32 Å². The minimum absolute atomic E-state index is 0.0677. The quantitative estimate of drug-likeness (QED) is 0.897. The summed E-state index contributed by atoms with van der Waals surface area (Å²) in [6, 6.07) is 5.47. The first-order valence-corrected chi connectivity index (χ1v) is 7.44. The van der Waals surface area contributed by atoms with Crippen molar-refractivity contribution in [1.29, 1.82) is 0 Å². The summed E-state index contributed by atoms with van der Waals surface area (Å²) in [5, 5.41) is 3.12. The second-order valence-electron chi connectivity index (χ2n) is 5.50. The minimum atomic E-state index is -0.0677. The normalized spacial score (nSPS) is 18.0. The molecular formula is C16H25FN2. The van der Waals surface area contributed by atoms with Crippen LogP contribution in [0.1, 0.15) is 43.2 Å². The van der Waals surface area contributed by atoms with Crippen LogP contribution in [-0.2, 0) is 13.1 Å². The standard InChI is InChI=1S/C16H25FN2/c1-18-12-14-7-8-16(17)15(11-14)13-19-9-5-3-2-4-6-10-19/h7-8,11,18H,2-6,9-10,12-13H2,1H3. The highest BCUT2D eigenvalue weighted by Crippen LogP contribution is 2.16. The van der Waals surface area contributed by atoms with Crippen LogP contribution in [0.3, 0.4) is 0 Å². The topological polar surface area (TPSA) is 15.3 Å². The van der Waals surface area contributed by atoms with Crippen molar-refractivity contribution in [3.05, 3.63) is 35.1 Å². The Morgan fingerprint density at radius 1 is 1.11 bits per heavy atom. The molecular weight excluding hydrogens is 239 g/mol. The number of hydrogen-bond acceptors (Lipinski definition) is 2. The van der Waals surface area contributed by atoms with E-state index in [4.69, 9.17) is 0 Å². The van der Waals surface area contributed by atoms with Gasteiger partial charge >= 0.3 is 0 Å². The van der Waals surface area contributed by atoms with Crippen LogP contribution in [0, 0.1) is 5.82 Å². The summed E-state index contributed by atoms with van der Waals surface area (Å²) in [5.41, 5.74) is 2.00. The Kier molecular flexibility index (Phi) is 5.80. The molecule has 0 amide bonds. The lowest BCUT2D eigenvalue weighted by molar-refractivity contribution is 0.237. The molecule has 106 valence electrons. The van der Waals surface area contributed by atoms with Crippen molar-refractivity contribution in [3.63, 3.8) is 0 Å². The zero-order valence-electron chi connectivity index (χ0n) is 11.9. The van der Waals surface area contributed by atoms with E-state index in [1.165, 1.54) is 32.1 Å². The van der Waals surface area contributed by atoms with Crippen LogP contribution in [0.5, 0.6) is 0 Å². The molecule has 2 nitrogen and oxygen atoms in total. The SMILES string of the molecule is CNCc1ccc(F)c(CN2CCCCCCC2)c1. The van der Waals surface area contributed by atoms with E-state index in [0.717, 1.165) is 37.3 Å². The predicted octanol–water partition coefficient (Wildman–Crippen LogP) is 3.31. The van der Waals surface area contributed by atoms with Crippen LogP contribution in [0.2, 0.25) is 0 Å². The fourth-order valence-electron chi connectivity index (χ4n) is 2.78. The fourth-order valence-corrected chi connectivity index (χ4v) is 2.78. The Labute approximate surface area is 116 Å². The van der Waals surface area contributed by atoms with Crippen molar-refractivity contribution in [2.45, 2.75) is 45.2 Å². The van der Waals surface area contributed by atoms with E-state index in [-0.39, 0.29) is 5.82 Å². The molecule has 0 aromatic heterocycles. The van der Waals surface area contributed by atoms with Gasteiger partial charge in [-0.3, -0.25) is 4.90 Å². The van der Waals surface area contributed by atoms with Crippen LogP contribution in [0.15, 0.2) is 18.2 Å². The molecule has 1 fully saturated rings. The third kappa shape index (κ3) is 4.59.